The van der Waals surface area contributed by atoms with E-state index in [1.165, 1.54) is 6.26 Å². The summed E-state index contributed by atoms with van der Waals surface area (Å²) in [5, 5.41) is 5.56. The molecule has 0 aliphatic carbocycles. The van der Waals surface area contributed by atoms with Crippen LogP contribution in [0.4, 0.5) is 17.1 Å². The number of nitrogens with one attached hydrogen (secondary N) is 2. The molecule has 1 unspecified atom stereocenters. The molecule has 3 aromatic rings. The summed E-state index contributed by atoms with van der Waals surface area (Å²) in [6.45, 7) is 2.34. The average molecular weight is 403 g/mol. The number of benzene rings is 2. The van der Waals surface area contributed by atoms with Gasteiger partial charge >= 0.3 is 0 Å². The normalized spacial score (nSPS) is 15.8. The van der Waals surface area contributed by atoms with Crippen molar-refractivity contribution in [3.8, 4) is 0 Å². The standard InChI is InChI=1S/C23H21N3O4/c1-15-4-10-19(11-5-15)26-14-16(13-21(26)27)22(28)24-17-6-8-18(9-7-17)25-23(29)20-3-2-12-30-20/h2-12,16H,13-14H2,1H3,(H,24,28)(H,25,29). The van der Waals surface area contributed by atoms with Crippen LogP contribution in [0.25, 0.3) is 0 Å². The van der Waals surface area contributed by atoms with Crippen LogP contribution < -0.4 is 15.5 Å². The van der Waals surface area contributed by atoms with Gasteiger partial charge in [-0.25, -0.2) is 0 Å². The maximum absolute atomic E-state index is 12.6. The molecule has 1 aliphatic heterocycles. The Morgan fingerprint density at radius 3 is 2.27 bits per heavy atom. The minimum absolute atomic E-state index is 0.0602. The third-order valence-electron chi connectivity index (χ3n) is 5.00. The number of nitrogens with zero attached hydrogens (tertiary/aromatic N) is 1. The van der Waals surface area contributed by atoms with Gasteiger partial charge in [0.05, 0.1) is 12.2 Å². The van der Waals surface area contributed by atoms with Crippen molar-refractivity contribution in [3.63, 3.8) is 0 Å². The lowest BCUT2D eigenvalue weighted by Crippen LogP contribution is -2.28. The third-order valence-corrected chi connectivity index (χ3v) is 5.00. The molecule has 4 rings (SSSR count). The van der Waals surface area contributed by atoms with Gasteiger partial charge in [0, 0.05) is 30.0 Å². The van der Waals surface area contributed by atoms with Crippen LogP contribution in [0.3, 0.4) is 0 Å². The van der Waals surface area contributed by atoms with Gasteiger partial charge in [0.1, 0.15) is 0 Å². The predicted octanol–water partition coefficient (Wildman–Crippen LogP) is 3.83. The van der Waals surface area contributed by atoms with Gasteiger partial charge in [0.2, 0.25) is 11.8 Å². The number of aryl methyl sites for hydroxylation is 1. The Kier molecular flexibility index (Phi) is 5.34. The zero-order valence-corrected chi connectivity index (χ0v) is 16.4. The topological polar surface area (TPSA) is 91.7 Å². The van der Waals surface area contributed by atoms with E-state index in [4.69, 9.17) is 4.42 Å². The van der Waals surface area contributed by atoms with Crippen molar-refractivity contribution in [2.45, 2.75) is 13.3 Å². The predicted molar refractivity (Wildman–Crippen MR) is 113 cm³/mol. The Balaban J connectivity index is 1.35. The fraction of sp³-hybridized carbons (Fsp3) is 0.174. The highest BCUT2D eigenvalue weighted by molar-refractivity contribution is 6.04. The number of carbonyl (C=O) groups is 3. The molecule has 2 heterocycles. The molecule has 2 aromatic carbocycles. The third kappa shape index (κ3) is 4.25. The average Bonchev–Trinajstić information content (AvgIpc) is 3.40. The van der Waals surface area contributed by atoms with Crippen molar-refractivity contribution in [1.82, 2.24) is 0 Å². The van der Waals surface area contributed by atoms with Crippen LogP contribution in [0.2, 0.25) is 0 Å². The first-order valence-electron chi connectivity index (χ1n) is 9.62. The summed E-state index contributed by atoms with van der Waals surface area (Å²) < 4.78 is 5.06. The van der Waals surface area contributed by atoms with Crippen LogP contribution in [0, 0.1) is 12.8 Å². The van der Waals surface area contributed by atoms with E-state index in [2.05, 4.69) is 10.6 Å². The number of anilines is 3. The first-order valence-corrected chi connectivity index (χ1v) is 9.62. The van der Waals surface area contributed by atoms with Gasteiger partial charge in [-0.2, -0.15) is 0 Å². The van der Waals surface area contributed by atoms with Crippen molar-refractivity contribution in [3.05, 3.63) is 78.3 Å². The molecule has 0 saturated carbocycles. The van der Waals surface area contributed by atoms with Crippen LogP contribution in [0.1, 0.15) is 22.5 Å². The second-order valence-electron chi connectivity index (χ2n) is 7.24. The smallest absolute Gasteiger partial charge is 0.291 e. The van der Waals surface area contributed by atoms with E-state index in [-0.39, 0.29) is 29.9 Å². The summed E-state index contributed by atoms with van der Waals surface area (Å²) in [4.78, 5) is 38.7. The summed E-state index contributed by atoms with van der Waals surface area (Å²) >= 11 is 0. The van der Waals surface area contributed by atoms with E-state index in [1.54, 1.807) is 41.3 Å². The fourth-order valence-electron chi connectivity index (χ4n) is 3.34. The molecule has 0 bridgehead atoms. The molecule has 30 heavy (non-hydrogen) atoms. The molecule has 0 radical (unpaired) electrons. The van der Waals surface area contributed by atoms with Crippen molar-refractivity contribution in [2.75, 3.05) is 22.1 Å². The van der Waals surface area contributed by atoms with Gasteiger partial charge in [0.25, 0.3) is 5.91 Å². The molecule has 1 fully saturated rings. The lowest BCUT2D eigenvalue weighted by Gasteiger charge is -2.17. The lowest BCUT2D eigenvalue weighted by atomic mass is 10.1. The quantitative estimate of drug-likeness (QED) is 0.677. The molecule has 1 aromatic heterocycles. The summed E-state index contributed by atoms with van der Waals surface area (Å²) in [6.07, 6.45) is 1.61. The van der Waals surface area contributed by atoms with E-state index in [9.17, 15) is 14.4 Å². The number of hydrogen-bond donors (Lipinski definition) is 2. The number of amides is 3. The van der Waals surface area contributed by atoms with Crippen LogP contribution in [-0.4, -0.2) is 24.3 Å². The molecular weight excluding hydrogens is 382 g/mol. The highest BCUT2D eigenvalue weighted by Crippen LogP contribution is 2.26. The van der Waals surface area contributed by atoms with Gasteiger partial charge in [-0.15, -0.1) is 0 Å². The minimum Gasteiger partial charge on any atom is -0.459 e. The van der Waals surface area contributed by atoms with Crippen molar-refractivity contribution in [2.24, 2.45) is 5.92 Å². The fourth-order valence-corrected chi connectivity index (χ4v) is 3.34. The summed E-state index contributed by atoms with van der Waals surface area (Å²) in [5.74, 6) is -0.814. The minimum atomic E-state index is -0.419. The van der Waals surface area contributed by atoms with Gasteiger partial charge in [-0.3, -0.25) is 14.4 Å². The monoisotopic (exact) mass is 403 g/mol. The Morgan fingerprint density at radius 1 is 0.967 bits per heavy atom. The molecule has 2 N–H and O–H groups in total. The van der Waals surface area contributed by atoms with E-state index in [1.807, 2.05) is 31.2 Å². The first kappa shape index (κ1) is 19.4. The zero-order valence-electron chi connectivity index (χ0n) is 16.4. The molecular formula is C23H21N3O4. The van der Waals surface area contributed by atoms with E-state index in [0.29, 0.717) is 17.9 Å². The number of carbonyl (C=O) groups excluding carboxylic acids is 3. The van der Waals surface area contributed by atoms with Gasteiger partial charge in [-0.05, 0) is 55.5 Å². The first-order chi connectivity index (χ1) is 14.5. The largest absolute Gasteiger partial charge is 0.459 e. The van der Waals surface area contributed by atoms with Crippen molar-refractivity contribution < 1.29 is 18.8 Å². The molecule has 3 amide bonds. The van der Waals surface area contributed by atoms with Crippen LogP contribution >= 0.6 is 0 Å². The molecule has 152 valence electrons. The van der Waals surface area contributed by atoms with E-state index >= 15 is 0 Å². The molecule has 0 spiro atoms. The Morgan fingerprint density at radius 2 is 1.63 bits per heavy atom. The molecule has 1 saturated heterocycles. The molecule has 1 aliphatic rings. The van der Waals surface area contributed by atoms with Gasteiger partial charge in [0.15, 0.2) is 5.76 Å². The van der Waals surface area contributed by atoms with Crippen LogP contribution in [-0.2, 0) is 9.59 Å². The summed E-state index contributed by atoms with van der Waals surface area (Å²) in [7, 11) is 0. The maximum Gasteiger partial charge on any atom is 0.291 e. The Labute approximate surface area is 173 Å². The van der Waals surface area contributed by atoms with Gasteiger partial charge in [-0.1, -0.05) is 17.7 Å². The maximum atomic E-state index is 12.6. The van der Waals surface area contributed by atoms with E-state index < -0.39 is 5.92 Å². The number of hydrogen-bond acceptors (Lipinski definition) is 4. The summed E-state index contributed by atoms with van der Waals surface area (Å²) in [6, 6.07) is 17.7. The van der Waals surface area contributed by atoms with Crippen molar-refractivity contribution in [1.29, 1.82) is 0 Å². The SMILES string of the molecule is Cc1ccc(N2CC(C(=O)Nc3ccc(NC(=O)c4ccco4)cc3)CC2=O)cc1. The van der Waals surface area contributed by atoms with E-state index in [0.717, 1.165) is 11.3 Å². The van der Waals surface area contributed by atoms with Crippen LogP contribution in [0.15, 0.2) is 71.3 Å². The lowest BCUT2D eigenvalue weighted by molar-refractivity contribution is -0.122. The summed E-state index contributed by atoms with van der Waals surface area (Å²) in [5.41, 5.74) is 3.09. The molecule has 7 heteroatoms. The zero-order chi connectivity index (χ0) is 21.1. The number of rotatable bonds is 5. The van der Waals surface area contributed by atoms with Crippen LogP contribution in [0.5, 0.6) is 0 Å². The molecule has 1 atom stereocenters. The highest BCUT2D eigenvalue weighted by atomic mass is 16.3. The number of furan rings is 1. The Bertz CT molecular complexity index is 1060. The second kappa shape index (κ2) is 8.24. The molecule has 7 nitrogen and oxygen atoms in total. The second-order valence-corrected chi connectivity index (χ2v) is 7.24. The highest BCUT2D eigenvalue weighted by Gasteiger charge is 2.35. The Hall–Kier alpha value is -3.87. The van der Waals surface area contributed by atoms with Gasteiger partial charge < -0.3 is 20.0 Å². The van der Waals surface area contributed by atoms with Crippen molar-refractivity contribution >= 4 is 34.8 Å².